The summed E-state index contributed by atoms with van der Waals surface area (Å²) in [5, 5.41) is 3.59. The summed E-state index contributed by atoms with van der Waals surface area (Å²) in [6, 6.07) is 5.49. The maximum Gasteiger partial charge on any atom is 0.128 e. The maximum absolute atomic E-state index is 14.0. The second-order valence-corrected chi connectivity index (χ2v) is 6.90. The van der Waals surface area contributed by atoms with Crippen LogP contribution in [0.15, 0.2) is 22.7 Å². The Balaban J connectivity index is 2.05. The van der Waals surface area contributed by atoms with Crippen molar-refractivity contribution in [2.24, 2.45) is 0 Å². The Morgan fingerprint density at radius 2 is 2.14 bits per heavy atom. The Hall–Kier alpha value is -0.450. The average molecular weight is 358 g/mol. The van der Waals surface area contributed by atoms with Gasteiger partial charge in [0.2, 0.25) is 0 Å². The van der Waals surface area contributed by atoms with Crippen molar-refractivity contribution in [1.29, 1.82) is 0 Å². The molecule has 1 fully saturated rings. The van der Waals surface area contributed by atoms with Crippen molar-refractivity contribution in [2.45, 2.75) is 64.1 Å². The molecular weight excluding hydrogens is 333 g/mol. The summed E-state index contributed by atoms with van der Waals surface area (Å²) in [6.07, 6.45) is 4.05. The smallest absolute Gasteiger partial charge is 0.128 e. The van der Waals surface area contributed by atoms with Crippen molar-refractivity contribution in [2.75, 3.05) is 6.61 Å². The first-order valence-corrected chi connectivity index (χ1v) is 8.64. The molecular formula is C17H25BrFNO. The normalized spacial score (nSPS) is 23.0. The fourth-order valence-electron chi connectivity index (χ4n) is 3.20. The zero-order chi connectivity index (χ0) is 15.5. The molecule has 1 N–H and O–H groups in total. The van der Waals surface area contributed by atoms with Crippen molar-refractivity contribution < 1.29 is 9.13 Å². The maximum atomic E-state index is 14.0. The van der Waals surface area contributed by atoms with Crippen LogP contribution < -0.4 is 5.32 Å². The van der Waals surface area contributed by atoms with E-state index in [1.807, 2.05) is 13.0 Å². The van der Waals surface area contributed by atoms with E-state index in [1.54, 1.807) is 6.07 Å². The van der Waals surface area contributed by atoms with E-state index in [1.165, 1.54) is 6.07 Å². The molecule has 0 radical (unpaired) electrons. The molecule has 0 bridgehead atoms. The lowest BCUT2D eigenvalue weighted by Gasteiger charge is -2.41. The lowest BCUT2D eigenvalue weighted by Crippen LogP contribution is -2.47. The predicted molar refractivity (Wildman–Crippen MR) is 87.9 cm³/mol. The van der Waals surface area contributed by atoms with Gasteiger partial charge in [0, 0.05) is 28.7 Å². The zero-order valence-corrected chi connectivity index (χ0v) is 14.7. The average Bonchev–Trinajstić information content (AvgIpc) is 2.49. The van der Waals surface area contributed by atoms with Gasteiger partial charge in [0.25, 0.3) is 0 Å². The quantitative estimate of drug-likeness (QED) is 0.802. The predicted octanol–water partition coefficient (Wildman–Crippen LogP) is 4.98. The summed E-state index contributed by atoms with van der Waals surface area (Å²) < 4.78 is 20.9. The summed E-state index contributed by atoms with van der Waals surface area (Å²) in [6.45, 7) is 7.18. The molecule has 2 atom stereocenters. The van der Waals surface area contributed by atoms with Gasteiger partial charge >= 0.3 is 0 Å². The lowest BCUT2D eigenvalue weighted by molar-refractivity contribution is -0.0940. The minimum absolute atomic E-state index is 0.00277. The molecule has 1 aromatic carbocycles. The number of nitrogens with one attached hydrogen (secondary N) is 1. The molecule has 0 spiro atoms. The molecule has 0 aromatic heterocycles. The molecule has 0 aliphatic carbocycles. The van der Waals surface area contributed by atoms with Crippen molar-refractivity contribution in [3.05, 3.63) is 34.1 Å². The third kappa shape index (κ3) is 4.05. The van der Waals surface area contributed by atoms with E-state index in [0.717, 1.165) is 42.3 Å². The molecule has 4 heteroatoms. The highest BCUT2D eigenvalue weighted by molar-refractivity contribution is 9.10. The molecule has 1 aromatic rings. The molecule has 0 amide bonds. The van der Waals surface area contributed by atoms with Crippen LogP contribution in [0.2, 0.25) is 0 Å². The van der Waals surface area contributed by atoms with E-state index in [4.69, 9.17) is 4.74 Å². The standard InChI is InChI=1S/C17H25BrFNO/c1-4-17(5-2)11-14(8-9-21-17)20-12(3)15-10-13(18)6-7-16(15)19/h6-7,10,12,14,20H,4-5,8-9,11H2,1-3H3. The molecule has 0 saturated carbocycles. The van der Waals surface area contributed by atoms with Crippen LogP contribution in [0.3, 0.4) is 0 Å². The van der Waals surface area contributed by atoms with Gasteiger partial charge in [-0.25, -0.2) is 4.39 Å². The molecule has 2 nitrogen and oxygen atoms in total. The topological polar surface area (TPSA) is 21.3 Å². The van der Waals surface area contributed by atoms with Gasteiger partial charge in [-0.1, -0.05) is 29.8 Å². The molecule has 2 unspecified atom stereocenters. The largest absolute Gasteiger partial charge is 0.375 e. The van der Waals surface area contributed by atoms with Gasteiger partial charge in [0.05, 0.1) is 5.60 Å². The van der Waals surface area contributed by atoms with Gasteiger partial charge in [0.1, 0.15) is 5.82 Å². The molecule has 2 rings (SSSR count). The second-order valence-electron chi connectivity index (χ2n) is 5.98. The van der Waals surface area contributed by atoms with Gasteiger partial charge in [-0.05, 0) is 50.8 Å². The molecule has 1 heterocycles. The first-order chi connectivity index (χ1) is 9.99. The van der Waals surface area contributed by atoms with E-state index in [2.05, 4.69) is 35.1 Å². The summed E-state index contributed by atoms with van der Waals surface area (Å²) >= 11 is 3.42. The second kappa shape index (κ2) is 7.21. The third-order valence-electron chi connectivity index (χ3n) is 4.69. The van der Waals surface area contributed by atoms with Gasteiger partial charge < -0.3 is 10.1 Å². The van der Waals surface area contributed by atoms with E-state index < -0.39 is 0 Å². The fourth-order valence-corrected chi connectivity index (χ4v) is 3.58. The van der Waals surface area contributed by atoms with E-state index in [9.17, 15) is 4.39 Å². The molecule has 21 heavy (non-hydrogen) atoms. The van der Waals surface area contributed by atoms with Gasteiger partial charge in [-0.15, -0.1) is 0 Å². The first kappa shape index (κ1) is 16.9. The number of hydrogen-bond donors (Lipinski definition) is 1. The number of rotatable bonds is 5. The Bertz CT molecular complexity index is 476. The SMILES string of the molecule is CCC1(CC)CC(NC(C)c2cc(Br)ccc2F)CCO1. The molecule has 118 valence electrons. The van der Waals surface area contributed by atoms with Crippen LogP contribution in [0, 0.1) is 5.82 Å². The van der Waals surface area contributed by atoms with E-state index >= 15 is 0 Å². The van der Waals surface area contributed by atoms with Crippen LogP contribution in [0.4, 0.5) is 4.39 Å². The minimum atomic E-state index is -0.150. The van der Waals surface area contributed by atoms with Gasteiger partial charge in [-0.2, -0.15) is 0 Å². The number of ether oxygens (including phenoxy) is 1. The first-order valence-electron chi connectivity index (χ1n) is 7.84. The van der Waals surface area contributed by atoms with Gasteiger partial charge in [-0.3, -0.25) is 0 Å². The minimum Gasteiger partial charge on any atom is -0.375 e. The van der Waals surface area contributed by atoms with Crippen molar-refractivity contribution in [3.8, 4) is 0 Å². The van der Waals surface area contributed by atoms with Gasteiger partial charge in [0.15, 0.2) is 0 Å². The van der Waals surface area contributed by atoms with E-state index in [0.29, 0.717) is 6.04 Å². The Kier molecular flexibility index (Phi) is 5.81. The third-order valence-corrected chi connectivity index (χ3v) is 5.19. The van der Waals surface area contributed by atoms with Crippen molar-refractivity contribution >= 4 is 15.9 Å². The zero-order valence-electron chi connectivity index (χ0n) is 13.1. The summed E-state index contributed by atoms with van der Waals surface area (Å²) in [7, 11) is 0. The molecule has 1 saturated heterocycles. The van der Waals surface area contributed by atoms with Crippen LogP contribution in [0.1, 0.15) is 58.1 Å². The molecule has 1 aliphatic heterocycles. The Labute approximate surface area is 135 Å². The highest BCUT2D eigenvalue weighted by Gasteiger charge is 2.35. The summed E-state index contributed by atoms with van der Waals surface area (Å²) in [5.74, 6) is -0.150. The highest BCUT2D eigenvalue weighted by Crippen LogP contribution is 2.32. The number of hydrogen-bond acceptors (Lipinski definition) is 2. The lowest BCUT2D eigenvalue weighted by atomic mass is 9.85. The summed E-state index contributed by atoms with van der Waals surface area (Å²) in [5.41, 5.74) is 0.709. The number of benzene rings is 1. The Morgan fingerprint density at radius 1 is 1.43 bits per heavy atom. The highest BCUT2D eigenvalue weighted by atomic mass is 79.9. The van der Waals surface area contributed by atoms with Crippen LogP contribution in [-0.2, 0) is 4.74 Å². The van der Waals surface area contributed by atoms with Crippen molar-refractivity contribution in [3.63, 3.8) is 0 Å². The molecule has 1 aliphatic rings. The number of halogens is 2. The van der Waals surface area contributed by atoms with Crippen molar-refractivity contribution in [1.82, 2.24) is 5.32 Å². The van der Waals surface area contributed by atoms with Crippen LogP contribution in [-0.4, -0.2) is 18.2 Å². The van der Waals surface area contributed by atoms with Crippen LogP contribution in [0.25, 0.3) is 0 Å². The van der Waals surface area contributed by atoms with Crippen LogP contribution >= 0.6 is 15.9 Å². The summed E-state index contributed by atoms with van der Waals surface area (Å²) in [4.78, 5) is 0. The van der Waals surface area contributed by atoms with Crippen LogP contribution in [0.5, 0.6) is 0 Å². The van der Waals surface area contributed by atoms with E-state index in [-0.39, 0.29) is 17.5 Å². The Morgan fingerprint density at radius 3 is 2.81 bits per heavy atom. The fraction of sp³-hybridized carbons (Fsp3) is 0.647. The monoisotopic (exact) mass is 357 g/mol.